The van der Waals surface area contributed by atoms with Gasteiger partial charge in [0.25, 0.3) is 5.56 Å². The van der Waals surface area contributed by atoms with Gasteiger partial charge in [0.2, 0.25) is 0 Å². The quantitative estimate of drug-likeness (QED) is 0.477. The van der Waals surface area contributed by atoms with Crippen molar-refractivity contribution >= 4 is 29.5 Å². The third-order valence-electron chi connectivity index (χ3n) is 2.70. The van der Waals surface area contributed by atoms with E-state index >= 15 is 0 Å². The van der Waals surface area contributed by atoms with Gasteiger partial charge in [0.15, 0.2) is 5.16 Å². The lowest BCUT2D eigenvalue weighted by atomic mass is 10.2. The van der Waals surface area contributed by atoms with E-state index in [-0.39, 0.29) is 17.3 Å². The van der Waals surface area contributed by atoms with Gasteiger partial charge < -0.3 is 4.74 Å². The highest BCUT2D eigenvalue weighted by Gasteiger charge is 2.25. The normalized spacial score (nSPS) is 17.3. The van der Waals surface area contributed by atoms with Crippen LogP contribution in [0.1, 0.15) is 19.5 Å². The van der Waals surface area contributed by atoms with Crippen molar-refractivity contribution in [3.63, 3.8) is 0 Å². The Morgan fingerprint density at radius 2 is 2.37 bits per heavy atom. The first kappa shape index (κ1) is 14.5. The Morgan fingerprint density at radius 3 is 3.05 bits per heavy atom. The molecule has 2 rings (SSSR count). The lowest BCUT2D eigenvalue weighted by Crippen LogP contribution is -2.22. The summed E-state index contributed by atoms with van der Waals surface area (Å²) >= 11 is 2.82. The van der Waals surface area contributed by atoms with Gasteiger partial charge in [-0.3, -0.25) is 14.2 Å². The fourth-order valence-corrected chi connectivity index (χ4v) is 3.76. The van der Waals surface area contributed by atoms with Crippen molar-refractivity contribution in [2.24, 2.45) is 7.05 Å². The van der Waals surface area contributed by atoms with Gasteiger partial charge >= 0.3 is 5.97 Å². The van der Waals surface area contributed by atoms with Crippen LogP contribution in [0.5, 0.6) is 0 Å². The topological polar surface area (TPSA) is 61.2 Å². The molecule has 1 aliphatic heterocycles. The highest BCUT2D eigenvalue weighted by Crippen LogP contribution is 2.33. The molecule has 7 heteroatoms. The van der Waals surface area contributed by atoms with E-state index in [2.05, 4.69) is 11.9 Å². The molecule has 2 heterocycles. The van der Waals surface area contributed by atoms with Crippen molar-refractivity contribution in [1.29, 1.82) is 0 Å². The van der Waals surface area contributed by atoms with E-state index in [1.54, 1.807) is 25.7 Å². The van der Waals surface area contributed by atoms with Crippen LogP contribution in [-0.4, -0.2) is 33.1 Å². The zero-order chi connectivity index (χ0) is 14.0. The first-order valence-electron chi connectivity index (χ1n) is 6.08. The molecule has 1 aromatic rings. The van der Waals surface area contributed by atoms with E-state index in [0.717, 1.165) is 17.0 Å². The second kappa shape index (κ2) is 6.00. The molecular weight excluding hydrogens is 284 g/mol. The Bertz CT molecular complexity index is 557. The number of thioether (sulfide) groups is 2. The number of esters is 1. The van der Waals surface area contributed by atoms with Gasteiger partial charge in [-0.15, -0.1) is 11.8 Å². The fraction of sp³-hybridized carbons (Fsp3) is 0.583. The molecule has 1 aromatic heterocycles. The summed E-state index contributed by atoms with van der Waals surface area (Å²) < 4.78 is 6.37. The third kappa shape index (κ3) is 3.14. The second-order valence-electron chi connectivity index (χ2n) is 4.26. The number of aromatic nitrogens is 2. The van der Waals surface area contributed by atoms with E-state index in [9.17, 15) is 9.59 Å². The highest BCUT2D eigenvalue weighted by atomic mass is 32.2. The maximum Gasteiger partial charge on any atom is 0.316 e. The minimum Gasteiger partial charge on any atom is -0.465 e. The molecule has 19 heavy (non-hydrogen) atoms. The second-order valence-corrected chi connectivity index (χ2v) is 6.65. The largest absolute Gasteiger partial charge is 0.465 e. The van der Waals surface area contributed by atoms with Gasteiger partial charge in [-0.25, -0.2) is 4.98 Å². The van der Waals surface area contributed by atoms with Gasteiger partial charge in [0.1, 0.15) is 0 Å². The van der Waals surface area contributed by atoms with Crippen molar-refractivity contribution in [3.8, 4) is 0 Å². The average molecular weight is 300 g/mol. The minimum absolute atomic E-state index is 0.0225. The van der Waals surface area contributed by atoms with E-state index in [0.29, 0.717) is 17.0 Å². The molecule has 5 nitrogen and oxygen atoms in total. The van der Waals surface area contributed by atoms with Crippen LogP contribution in [0, 0.1) is 0 Å². The van der Waals surface area contributed by atoms with Crippen LogP contribution < -0.4 is 5.56 Å². The predicted octanol–water partition coefficient (Wildman–Crippen LogP) is 1.47. The molecule has 1 aliphatic rings. The molecule has 0 radical (unpaired) electrons. The number of carbonyl (C=O) groups excluding carboxylic acids is 1. The summed E-state index contributed by atoms with van der Waals surface area (Å²) in [5.41, 5.74) is 0.831. The average Bonchev–Trinajstić information content (AvgIpc) is 2.73. The lowest BCUT2D eigenvalue weighted by Gasteiger charge is -2.08. The summed E-state index contributed by atoms with van der Waals surface area (Å²) in [7, 11) is 1.69. The van der Waals surface area contributed by atoms with Crippen molar-refractivity contribution in [3.05, 3.63) is 16.0 Å². The molecule has 0 amide bonds. The Labute approximate surface area is 120 Å². The van der Waals surface area contributed by atoms with Crippen LogP contribution in [0.15, 0.2) is 14.8 Å². The fourth-order valence-electron chi connectivity index (χ4n) is 1.83. The summed E-state index contributed by atoms with van der Waals surface area (Å²) in [5, 5.41) is 0.965. The number of carbonyl (C=O) groups is 1. The molecule has 0 fully saturated rings. The molecule has 104 valence electrons. The first-order valence-corrected chi connectivity index (χ1v) is 7.94. The van der Waals surface area contributed by atoms with Gasteiger partial charge in [-0.05, 0) is 6.92 Å². The molecule has 0 spiro atoms. The van der Waals surface area contributed by atoms with Crippen LogP contribution >= 0.6 is 23.5 Å². The minimum atomic E-state index is -0.287. The molecule has 0 bridgehead atoms. The Balaban J connectivity index is 2.19. The summed E-state index contributed by atoms with van der Waals surface area (Å²) in [4.78, 5) is 28.7. The number of hydrogen-bond acceptors (Lipinski definition) is 6. The smallest absolute Gasteiger partial charge is 0.316 e. The van der Waals surface area contributed by atoms with Crippen LogP contribution in [0.2, 0.25) is 0 Å². The predicted molar refractivity (Wildman–Crippen MR) is 75.9 cm³/mol. The maximum absolute atomic E-state index is 12.2. The van der Waals surface area contributed by atoms with Crippen molar-refractivity contribution in [2.45, 2.75) is 35.6 Å². The van der Waals surface area contributed by atoms with Crippen molar-refractivity contribution < 1.29 is 9.53 Å². The Hall–Kier alpha value is -0.950. The molecule has 0 saturated heterocycles. The summed E-state index contributed by atoms with van der Waals surface area (Å²) in [5.74, 6) is -0.111. The zero-order valence-electron chi connectivity index (χ0n) is 11.1. The maximum atomic E-state index is 12.2. The van der Waals surface area contributed by atoms with E-state index in [1.807, 2.05) is 0 Å². The third-order valence-corrected chi connectivity index (χ3v) is 4.92. The molecule has 0 aliphatic carbocycles. The number of ether oxygens (including phenoxy) is 1. The number of fused-ring (bicyclic) bond motifs is 1. The summed E-state index contributed by atoms with van der Waals surface area (Å²) in [6.07, 6.45) is 0.809. The molecule has 0 aromatic carbocycles. The van der Waals surface area contributed by atoms with Gasteiger partial charge in [0.05, 0.1) is 22.9 Å². The number of nitrogens with zero attached hydrogens (tertiary/aromatic N) is 2. The monoisotopic (exact) mass is 300 g/mol. The summed E-state index contributed by atoms with van der Waals surface area (Å²) in [6.45, 7) is 4.21. The van der Waals surface area contributed by atoms with E-state index in [4.69, 9.17) is 4.74 Å². The standard InChI is InChI=1S/C12H16N2O3S2/c1-4-17-9(15)6-18-12-13-8-5-7(2)19-10(8)11(16)14(12)3/h7H,4-6H2,1-3H3. The lowest BCUT2D eigenvalue weighted by molar-refractivity contribution is -0.139. The number of hydrogen-bond donors (Lipinski definition) is 0. The van der Waals surface area contributed by atoms with Crippen LogP contribution in [0.3, 0.4) is 0 Å². The Kier molecular flexibility index (Phi) is 4.57. The molecule has 1 unspecified atom stereocenters. The highest BCUT2D eigenvalue weighted by molar-refractivity contribution is 8.00. The zero-order valence-corrected chi connectivity index (χ0v) is 12.8. The SMILES string of the molecule is CCOC(=O)CSc1nc2c(c(=O)n1C)SC(C)C2. The molecular formula is C12H16N2O3S2. The van der Waals surface area contributed by atoms with Crippen LogP contribution in [0.4, 0.5) is 0 Å². The Morgan fingerprint density at radius 1 is 1.63 bits per heavy atom. The first-order chi connectivity index (χ1) is 9.02. The van der Waals surface area contributed by atoms with Gasteiger partial charge in [-0.1, -0.05) is 18.7 Å². The molecule has 0 saturated carbocycles. The van der Waals surface area contributed by atoms with Crippen molar-refractivity contribution in [2.75, 3.05) is 12.4 Å². The molecule has 1 atom stereocenters. The molecule has 0 N–H and O–H groups in total. The van der Waals surface area contributed by atoms with Crippen LogP contribution in [0.25, 0.3) is 0 Å². The van der Waals surface area contributed by atoms with Crippen LogP contribution in [-0.2, 0) is 23.0 Å². The summed E-state index contributed by atoms with van der Waals surface area (Å²) in [6, 6.07) is 0. The van der Waals surface area contributed by atoms with Gasteiger partial charge in [-0.2, -0.15) is 0 Å². The van der Waals surface area contributed by atoms with E-state index in [1.165, 1.54) is 16.3 Å². The van der Waals surface area contributed by atoms with Crippen molar-refractivity contribution in [1.82, 2.24) is 9.55 Å². The number of rotatable bonds is 4. The van der Waals surface area contributed by atoms with E-state index < -0.39 is 0 Å². The van der Waals surface area contributed by atoms with Gasteiger partial charge in [0, 0.05) is 18.7 Å².